The second-order valence-corrected chi connectivity index (χ2v) is 6.27. The Morgan fingerprint density at radius 3 is 2.71 bits per heavy atom. The number of anilines is 1. The van der Waals surface area contributed by atoms with Crippen molar-refractivity contribution in [2.45, 2.75) is 25.8 Å². The molecule has 124 valence electrons. The van der Waals surface area contributed by atoms with Crippen LogP contribution in [0.15, 0.2) is 48.5 Å². The van der Waals surface area contributed by atoms with Gasteiger partial charge in [-0.1, -0.05) is 42.0 Å². The van der Waals surface area contributed by atoms with E-state index in [1.54, 1.807) is 12.1 Å². The van der Waals surface area contributed by atoms with Crippen molar-refractivity contribution in [3.05, 3.63) is 65.2 Å². The van der Waals surface area contributed by atoms with Gasteiger partial charge in [0.25, 0.3) is 0 Å². The number of benzene rings is 2. The Morgan fingerprint density at radius 1 is 1.17 bits per heavy atom. The second kappa shape index (κ2) is 6.74. The number of hydrogen-bond acceptors (Lipinski definition) is 2. The number of carbonyl (C=O) groups excluding carboxylic acids is 2. The van der Waals surface area contributed by atoms with E-state index in [0.29, 0.717) is 18.2 Å². The summed E-state index contributed by atoms with van der Waals surface area (Å²) in [6.07, 6.45) is 0.901. The van der Waals surface area contributed by atoms with Crippen LogP contribution in [0.3, 0.4) is 0 Å². The van der Waals surface area contributed by atoms with Crippen LogP contribution in [0.2, 0.25) is 0 Å². The first-order chi connectivity index (χ1) is 11.5. The van der Waals surface area contributed by atoms with Crippen LogP contribution >= 0.6 is 0 Å². The van der Waals surface area contributed by atoms with Crippen LogP contribution in [0.1, 0.15) is 29.0 Å². The number of nitrogens with one attached hydrogen (secondary N) is 2. The molecule has 0 bridgehead atoms. The summed E-state index contributed by atoms with van der Waals surface area (Å²) in [5.41, 5.74) is 9.11. The first-order valence-electron chi connectivity index (χ1n) is 8.02. The molecule has 1 aliphatic rings. The van der Waals surface area contributed by atoms with Gasteiger partial charge in [-0.3, -0.25) is 4.79 Å². The van der Waals surface area contributed by atoms with Crippen LogP contribution in [0, 0.1) is 12.8 Å². The van der Waals surface area contributed by atoms with Gasteiger partial charge >= 0.3 is 6.03 Å². The van der Waals surface area contributed by atoms with Crippen molar-refractivity contribution in [1.29, 1.82) is 0 Å². The van der Waals surface area contributed by atoms with E-state index in [4.69, 9.17) is 5.73 Å². The molecule has 2 aromatic carbocycles. The maximum absolute atomic E-state index is 12.3. The number of carbonyl (C=O) groups is 2. The van der Waals surface area contributed by atoms with Crippen molar-refractivity contribution < 1.29 is 9.59 Å². The number of urea groups is 1. The molecular weight excluding hydrogens is 302 g/mol. The first kappa shape index (κ1) is 16.1. The third kappa shape index (κ3) is 3.93. The second-order valence-electron chi connectivity index (χ2n) is 6.27. The molecule has 2 aromatic rings. The number of primary amides is 1. The van der Waals surface area contributed by atoms with E-state index in [1.807, 2.05) is 18.2 Å². The molecule has 0 aromatic heterocycles. The quantitative estimate of drug-likeness (QED) is 0.790. The number of aryl methyl sites for hydroxylation is 1. The predicted molar refractivity (Wildman–Crippen MR) is 93.5 cm³/mol. The highest BCUT2D eigenvalue weighted by Crippen LogP contribution is 2.47. The zero-order valence-electron chi connectivity index (χ0n) is 13.6. The molecule has 0 heterocycles. The monoisotopic (exact) mass is 323 g/mol. The molecule has 1 fully saturated rings. The van der Waals surface area contributed by atoms with Crippen LogP contribution in [0.5, 0.6) is 0 Å². The summed E-state index contributed by atoms with van der Waals surface area (Å²) >= 11 is 0. The van der Waals surface area contributed by atoms with Gasteiger partial charge in [0.15, 0.2) is 0 Å². The van der Waals surface area contributed by atoms with E-state index in [0.717, 1.165) is 12.0 Å². The molecular formula is C19H21N3O2. The van der Waals surface area contributed by atoms with Gasteiger partial charge in [0.1, 0.15) is 0 Å². The Bertz CT molecular complexity index is 773. The van der Waals surface area contributed by atoms with Crippen molar-refractivity contribution in [2.75, 3.05) is 5.32 Å². The fourth-order valence-corrected chi connectivity index (χ4v) is 2.98. The Labute approximate surface area is 141 Å². The maximum atomic E-state index is 12.3. The Morgan fingerprint density at radius 2 is 1.96 bits per heavy atom. The number of hydrogen-bond donors (Lipinski definition) is 3. The van der Waals surface area contributed by atoms with Crippen molar-refractivity contribution in [2.24, 2.45) is 11.7 Å². The average Bonchev–Trinajstić information content (AvgIpc) is 3.33. The molecule has 1 saturated carbocycles. The highest BCUT2D eigenvalue weighted by atomic mass is 16.2. The first-order valence-corrected chi connectivity index (χ1v) is 8.02. The lowest BCUT2D eigenvalue weighted by Gasteiger charge is -2.08. The van der Waals surface area contributed by atoms with Crippen molar-refractivity contribution in [1.82, 2.24) is 5.32 Å². The highest BCUT2D eigenvalue weighted by Gasteiger charge is 2.43. The predicted octanol–water partition coefficient (Wildman–Crippen LogP) is 2.91. The van der Waals surface area contributed by atoms with Crippen LogP contribution < -0.4 is 16.4 Å². The van der Waals surface area contributed by atoms with Crippen LogP contribution in [0.4, 0.5) is 10.5 Å². The minimum atomic E-state index is -0.602. The number of amides is 3. The Balaban J connectivity index is 1.54. The molecule has 0 spiro atoms. The molecule has 3 rings (SSSR count). The molecule has 0 aliphatic heterocycles. The Hall–Kier alpha value is -2.82. The standard InChI is InChI=1S/C19H21N3O2/c1-12-4-2-6-14(8-12)16-10-17(16)18(23)21-11-13-5-3-7-15(9-13)22-19(20)24/h2-9,16-17H,10-11H2,1H3,(H,21,23)(H3,20,22,24)/t16-,17+/m1/s1. The Kier molecular flexibility index (Phi) is 4.51. The van der Waals surface area contributed by atoms with E-state index in [-0.39, 0.29) is 11.8 Å². The molecule has 2 atom stereocenters. The van der Waals surface area contributed by atoms with E-state index in [2.05, 4.69) is 35.8 Å². The van der Waals surface area contributed by atoms with Gasteiger partial charge in [0.2, 0.25) is 5.91 Å². The van der Waals surface area contributed by atoms with Crippen LogP contribution in [-0.2, 0) is 11.3 Å². The maximum Gasteiger partial charge on any atom is 0.316 e. The molecule has 0 saturated heterocycles. The highest BCUT2D eigenvalue weighted by molar-refractivity contribution is 5.87. The van der Waals surface area contributed by atoms with Gasteiger partial charge in [-0.15, -0.1) is 0 Å². The smallest absolute Gasteiger partial charge is 0.316 e. The SMILES string of the molecule is Cc1cccc([C@H]2C[C@@H]2C(=O)NCc2cccc(NC(N)=O)c2)c1. The topological polar surface area (TPSA) is 84.2 Å². The zero-order chi connectivity index (χ0) is 17.1. The molecule has 0 unspecified atom stereocenters. The van der Waals surface area contributed by atoms with E-state index >= 15 is 0 Å². The van der Waals surface area contributed by atoms with Crippen molar-refractivity contribution in [3.8, 4) is 0 Å². The molecule has 5 nitrogen and oxygen atoms in total. The third-order valence-corrected chi connectivity index (χ3v) is 4.26. The summed E-state index contributed by atoms with van der Waals surface area (Å²) in [6.45, 7) is 2.50. The summed E-state index contributed by atoms with van der Waals surface area (Å²) in [7, 11) is 0. The van der Waals surface area contributed by atoms with Gasteiger partial charge in [-0.2, -0.15) is 0 Å². The summed E-state index contributed by atoms with van der Waals surface area (Å²) in [4.78, 5) is 23.2. The van der Waals surface area contributed by atoms with Crippen LogP contribution in [0.25, 0.3) is 0 Å². The van der Waals surface area contributed by atoms with E-state index < -0.39 is 6.03 Å². The van der Waals surface area contributed by atoms with E-state index in [9.17, 15) is 9.59 Å². The molecule has 0 radical (unpaired) electrons. The van der Waals surface area contributed by atoms with Gasteiger partial charge in [0.05, 0.1) is 0 Å². The average molecular weight is 323 g/mol. The molecule has 5 heteroatoms. The summed E-state index contributed by atoms with van der Waals surface area (Å²) in [6, 6.07) is 15.0. The minimum Gasteiger partial charge on any atom is -0.352 e. The zero-order valence-corrected chi connectivity index (χ0v) is 13.6. The molecule has 1 aliphatic carbocycles. The summed E-state index contributed by atoms with van der Waals surface area (Å²) in [5, 5.41) is 5.50. The van der Waals surface area contributed by atoms with Gasteiger partial charge < -0.3 is 16.4 Å². The van der Waals surface area contributed by atoms with Crippen molar-refractivity contribution in [3.63, 3.8) is 0 Å². The lowest BCUT2D eigenvalue weighted by molar-refractivity contribution is -0.122. The lowest BCUT2D eigenvalue weighted by Crippen LogP contribution is -2.25. The van der Waals surface area contributed by atoms with Crippen molar-refractivity contribution >= 4 is 17.6 Å². The number of rotatable bonds is 5. The lowest BCUT2D eigenvalue weighted by atomic mass is 10.1. The third-order valence-electron chi connectivity index (χ3n) is 4.26. The summed E-state index contributed by atoms with van der Waals surface area (Å²) in [5.74, 6) is 0.459. The van der Waals surface area contributed by atoms with Gasteiger partial charge in [-0.25, -0.2) is 4.79 Å². The van der Waals surface area contributed by atoms with Gasteiger partial charge in [-0.05, 0) is 42.5 Å². The van der Waals surface area contributed by atoms with Gasteiger partial charge in [0, 0.05) is 18.2 Å². The van der Waals surface area contributed by atoms with Crippen LogP contribution in [-0.4, -0.2) is 11.9 Å². The normalized spacial score (nSPS) is 18.7. The molecule has 3 amide bonds. The molecule has 4 N–H and O–H groups in total. The number of nitrogens with two attached hydrogens (primary N) is 1. The minimum absolute atomic E-state index is 0.0544. The fourth-order valence-electron chi connectivity index (χ4n) is 2.98. The van der Waals surface area contributed by atoms with E-state index in [1.165, 1.54) is 11.1 Å². The summed E-state index contributed by atoms with van der Waals surface area (Å²) < 4.78 is 0. The fraction of sp³-hybridized carbons (Fsp3) is 0.263. The molecule has 24 heavy (non-hydrogen) atoms. The largest absolute Gasteiger partial charge is 0.352 e.